The summed E-state index contributed by atoms with van der Waals surface area (Å²) in [5, 5.41) is 18.6. The highest BCUT2D eigenvalue weighted by molar-refractivity contribution is 5.31. The van der Waals surface area contributed by atoms with Crippen LogP contribution >= 0.6 is 0 Å². The van der Waals surface area contributed by atoms with Crippen molar-refractivity contribution in [3.8, 4) is 5.69 Å². The summed E-state index contributed by atoms with van der Waals surface area (Å²) in [6.07, 6.45) is 5.69. The third-order valence-electron chi connectivity index (χ3n) is 5.05. The van der Waals surface area contributed by atoms with E-state index in [1.165, 1.54) is 0 Å². The molecule has 2 aromatic carbocycles. The van der Waals surface area contributed by atoms with Crippen molar-refractivity contribution < 1.29 is 5.11 Å². The minimum Gasteiger partial charge on any atom is -0.388 e. The largest absolute Gasteiger partial charge is 0.388 e. The van der Waals surface area contributed by atoms with E-state index in [-0.39, 0.29) is 5.41 Å². The average Bonchev–Trinajstić information content (AvgIpc) is 3.31. The van der Waals surface area contributed by atoms with Crippen molar-refractivity contribution in [1.82, 2.24) is 15.1 Å². The van der Waals surface area contributed by atoms with Gasteiger partial charge in [-0.15, -0.1) is 0 Å². The number of nitrogens with one attached hydrogen (secondary N) is 1. The van der Waals surface area contributed by atoms with Crippen molar-refractivity contribution in [2.45, 2.75) is 25.5 Å². The second-order valence-electron chi connectivity index (χ2n) is 6.91. The number of aliphatic hydroxyl groups excluding tert-OH is 1. The van der Waals surface area contributed by atoms with Gasteiger partial charge in [0.25, 0.3) is 0 Å². The molecule has 4 nitrogen and oxygen atoms in total. The topological polar surface area (TPSA) is 50.1 Å². The third kappa shape index (κ3) is 3.50. The van der Waals surface area contributed by atoms with Gasteiger partial charge in [-0.05, 0) is 30.5 Å². The lowest BCUT2D eigenvalue weighted by atomic mass is 9.92. The predicted octanol–water partition coefficient (Wildman–Crippen LogP) is 3.48. The molecule has 0 saturated heterocycles. The van der Waals surface area contributed by atoms with E-state index >= 15 is 0 Å². The summed E-state index contributed by atoms with van der Waals surface area (Å²) in [7, 11) is 0. The van der Waals surface area contributed by atoms with Gasteiger partial charge < -0.3 is 10.4 Å². The van der Waals surface area contributed by atoms with E-state index < -0.39 is 6.10 Å². The number of para-hydroxylation sites is 1. The van der Waals surface area contributed by atoms with Crippen molar-refractivity contribution in [2.75, 3.05) is 6.54 Å². The lowest BCUT2D eigenvalue weighted by Gasteiger charge is -2.23. The molecule has 1 aromatic heterocycles. The minimum atomic E-state index is -0.395. The van der Waals surface area contributed by atoms with Crippen molar-refractivity contribution >= 4 is 0 Å². The molecule has 25 heavy (non-hydrogen) atoms. The Bertz CT molecular complexity index is 809. The fraction of sp³-hybridized carbons (Fsp3) is 0.286. The number of aromatic nitrogens is 2. The number of rotatable bonds is 7. The first-order chi connectivity index (χ1) is 12.3. The second-order valence-corrected chi connectivity index (χ2v) is 6.91. The van der Waals surface area contributed by atoms with E-state index in [0.717, 1.165) is 42.7 Å². The first-order valence-corrected chi connectivity index (χ1v) is 8.80. The summed E-state index contributed by atoms with van der Waals surface area (Å²) in [5.41, 5.74) is 3.20. The van der Waals surface area contributed by atoms with E-state index in [1.54, 1.807) is 0 Å². The Morgan fingerprint density at radius 2 is 1.72 bits per heavy atom. The van der Waals surface area contributed by atoms with Crippen LogP contribution in [0.25, 0.3) is 5.69 Å². The standard InChI is InChI=1S/C21H23N3O/c25-20(18-7-3-1-4-8-18)21(11-12-21)16-22-13-17-14-23-24(15-17)19-9-5-2-6-10-19/h1-10,14-15,20,22,25H,11-13,16H2. The number of benzene rings is 2. The molecule has 1 aliphatic rings. The lowest BCUT2D eigenvalue weighted by Crippen LogP contribution is -2.28. The predicted molar refractivity (Wildman–Crippen MR) is 98.3 cm³/mol. The van der Waals surface area contributed by atoms with Gasteiger partial charge in [-0.1, -0.05) is 48.5 Å². The highest BCUT2D eigenvalue weighted by Gasteiger charge is 2.48. The Kier molecular flexibility index (Phi) is 4.38. The molecule has 1 atom stereocenters. The zero-order chi connectivity index (χ0) is 17.1. The van der Waals surface area contributed by atoms with Crippen LogP contribution in [-0.4, -0.2) is 21.4 Å². The fourth-order valence-corrected chi connectivity index (χ4v) is 3.33. The van der Waals surface area contributed by atoms with E-state index in [1.807, 2.05) is 71.5 Å². The molecule has 1 aliphatic carbocycles. The quantitative estimate of drug-likeness (QED) is 0.696. The van der Waals surface area contributed by atoms with Crippen LogP contribution in [0, 0.1) is 5.41 Å². The van der Waals surface area contributed by atoms with Gasteiger partial charge in [-0.2, -0.15) is 5.10 Å². The summed E-state index contributed by atoms with van der Waals surface area (Å²) < 4.78 is 1.89. The van der Waals surface area contributed by atoms with Crippen LogP contribution in [0.1, 0.15) is 30.1 Å². The zero-order valence-corrected chi connectivity index (χ0v) is 14.2. The van der Waals surface area contributed by atoms with Gasteiger partial charge in [-0.25, -0.2) is 4.68 Å². The Morgan fingerprint density at radius 3 is 2.40 bits per heavy atom. The van der Waals surface area contributed by atoms with Crippen molar-refractivity contribution in [3.05, 3.63) is 84.2 Å². The van der Waals surface area contributed by atoms with Gasteiger partial charge in [0, 0.05) is 30.3 Å². The summed E-state index contributed by atoms with van der Waals surface area (Å²) >= 11 is 0. The Labute approximate surface area is 148 Å². The number of hydrogen-bond acceptors (Lipinski definition) is 3. The molecule has 128 valence electrons. The van der Waals surface area contributed by atoms with Gasteiger partial charge >= 0.3 is 0 Å². The van der Waals surface area contributed by atoms with Crippen LogP contribution < -0.4 is 5.32 Å². The Morgan fingerprint density at radius 1 is 1.04 bits per heavy atom. The minimum absolute atomic E-state index is 0.0171. The van der Waals surface area contributed by atoms with Gasteiger partial charge in [0.2, 0.25) is 0 Å². The summed E-state index contributed by atoms with van der Waals surface area (Å²) in [4.78, 5) is 0. The van der Waals surface area contributed by atoms with Gasteiger partial charge in [0.1, 0.15) is 0 Å². The molecule has 0 radical (unpaired) electrons. The van der Waals surface area contributed by atoms with E-state index in [4.69, 9.17) is 0 Å². The molecule has 1 heterocycles. The highest BCUT2D eigenvalue weighted by atomic mass is 16.3. The monoisotopic (exact) mass is 333 g/mol. The second kappa shape index (κ2) is 6.82. The fourth-order valence-electron chi connectivity index (χ4n) is 3.33. The SMILES string of the molecule is OC(c1ccccc1)C1(CNCc2cnn(-c3ccccc3)c2)CC1. The van der Waals surface area contributed by atoms with E-state index in [2.05, 4.69) is 16.6 Å². The molecule has 0 aliphatic heterocycles. The molecule has 4 rings (SSSR count). The van der Waals surface area contributed by atoms with Crippen LogP contribution in [0.3, 0.4) is 0 Å². The molecule has 2 N–H and O–H groups in total. The molecule has 0 bridgehead atoms. The maximum absolute atomic E-state index is 10.7. The normalized spacial score (nSPS) is 16.5. The van der Waals surface area contributed by atoms with Crippen LogP contribution in [0.5, 0.6) is 0 Å². The van der Waals surface area contributed by atoms with Crippen molar-refractivity contribution in [2.24, 2.45) is 5.41 Å². The summed E-state index contributed by atoms with van der Waals surface area (Å²) in [5.74, 6) is 0. The first-order valence-electron chi connectivity index (χ1n) is 8.80. The zero-order valence-electron chi connectivity index (χ0n) is 14.2. The van der Waals surface area contributed by atoms with Gasteiger partial charge in [0.05, 0.1) is 18.0 Å². The number of hydrogen-bond donors (Lipinski definition) is 2. The maximum Gasteiger partial charge on any atom is 0.0858 e. The molecule has 4 heteroatoms. The number of aliphatic hydroxyl groups is 1. The smallest absolute Gasteiger partial charge is 0.0858 e. The van der Waals surface area contributed by atoms with Gasteiger partial charge in [0.15, 0.2) is 0 Å². The molecule has 0 spiro atoms. The summed E-state index contributed by atoms with van der Waals surface area (Å²) in [6, 6.07) is 20.1. The highest BCUT2D eigenvalue weighted by Crippen LogP contribution is 2.54. The average molecular weight is 333 g/mol. The van der Waals surface area contributed by atoms with Gasteiger partial charge in [-0.3, -0.25) is 0 Å². The molecular formula is C21H23N3O. The maximum atomic E-state index is 10.7. The molecule has 1 fully saturated rings. The van der Waals surface area contributed by atoms with Crippen LogP contribution in [-0.2, 0) is 6.54 Å². The number of nitrogens with zero attached hydrogens (tertiary/aromatic N) is 2. The van der Waals surface area contributed by atoms with Crippen LogP contribution in [0.15, 0.2) is 73.1 Å². The first kappa shape index (κ1) is 16.1. The molecular weight excluding hydrogens is 310 g/mol. The molecule has 1 saturated carbocycles. The third-order valence-corrected chi connectivity index (χ3v) is 5.05. The molecule has 1 unspecified atom stereocenters. The van der Waals surface area contributed by atoms with E-state index in [9.17, 15) is 5.11 Å². The lowest BCUT2D eigenvalue weighted by molar-refractivity contribution is 0.0917. The van der Waals surface area contributed by atoms with Crippen molar-refractivity contribution in [3.63, 3.8) is 0 Å². The molecule has 3 aromatic rings. The van der Waals surface area contributed by atoms with E-state index in [0.29, 0.717) is 0 Å². The van der Waals surface area contributed by atoms with Crippen LogP contribution in [0.4, 0.5) is 0 Å². The molecule has 0 amide bonds. The van der Waals surface area contributed by atoms with Crippen molar-refractivity contribution in [1.29, 1.82) is 0 Å². The summed E-state index contributed by atoms with van der Waals surface area (Å²) in [6.45, 7) is 1.58. The van der Waals surface area contributed by atoms with Crippen LogP contribution in [0.2, 0.25) is 0 Å². The Balaban J connectivity index is 1.34. The Hall–Kier alpha value is -2.43.